The summed E-state index contributed by atoms with van der Waals surface area (Å²) >= 11 is 2.32. The van der Waals surface area contributed by atoms with Crippen LogP contribution in [0.25, 0.3) is 11.1 Å². The van der Waals surface area contributed by atoms with Crippen LogP contribution in [0, 0.1) is 3.57 Å². The number of nitrogens with one attached hydrogen (secondary N) is 1. The Labute approximate surface area is 120 Å². The van der Waals surface area contributed by atoms with Gasteiger partial charge in [0.05, 0.1) is 5.69 Å². The van der Waals surface area contributed by atoms with Gasteiger partial charge in [-0.25, -0.2) is 0 Å². The van der Waals surface area contributed by atoms with E-state index in [0.29, 0.717) is 0 Å². The first-order valence-electron chi connectivity index (χ1n) is 5.84. The molecule has 0 saturated carbocycles. The molecular formula is C15H12INO. The largest absolute Gasteiger partial charge is 0.325 e. The summed E-state index contributed by atoms with van der Waals surface area (Å²) in [5.41, 5.74) is 6.21. The lowest BCUT2D eigenvalue weighted by Crippen LogP contribution is -2.08. The van der Waals surface area contributed by atoms with Gasteiger partial charge in [-0.3, -0.25) is 4.79 Å². The van der Waals surface area contributed by atoms with Crippen molar-refractivity contribution in [2.75, 3.05) is 5.32 Å². The monoisotopic (exact) mass is 349 g/mol. The maximum atomic E-state index is 11.2. The summed E-state index contributed by atoms with van der Waals surface area (Å²) in [6.45, 7) is 1.54. The molecule has 0 radical (unpaired) electrons. The lowest BCUT2D eigenvalue weighted by atomic mass is 10.1. The van der Waals surface area contributed by atoms with E-state index >= 15 is 0 Å². The highest BCUT2D eigenvalue weighted by atomic mass is 127. The van der Waals surface area contributed by atoms with Crippen LogP contribution >= 0.6 is 22.6 Å². The van der Waals surface area contributed by atoms with E-state index in [0.717, 1.165) is 15.7 Å². The number of fused-ring (bicyclic) bond motifs is 3. The molecule has 90 valence electrons. The van der Waals surface area contributed by atoms with E-state index in [-0.39, 0.29) is 5.91 Å². The Hall–Kier alpha value is -1.36. The molecule has 2 aromatic carbocycles. The molecule has 0 atom stereocenters. The van der Waals surface area contributed by atoms with Crippen LogP contribution in [0.2, 0.25) is 0 Å². The average molecular weight is 349 g/mol. The second-order valence-electron chi connectivity index (χ2n) is 4.47. The molecule has 0 heterocycles. The van der Waals surface area contributed by atoms with Crippen molar-refractivity contribution in [3.63, 3.8) is 0 Å². The summed E-state index contributed by atoms with van der Waals surface area (Å²) in [7, 11) is 0. The second-order valence-corrected chi connectivity index (χ2v) is 5.55. The van der Waals surface area contributed by atoms with E-state index in [2.05, 4.69) is 58.2 Å². The van der Waals surface area contributed by atoms with Crippen molar-refractivity contribution < 1.29 is 4.79 Å². The van der Waals surface area contributed by atoms with E-state index < -0.39 is 0 Å². The number of hydrogen-bond donors (Lipinski definition) is 1. The molecule has 0 spiro atoms. The Kier molecular flexibility index (Phi) is 2.86. The predicted molar refractivity (Wildman–Crippen MR) is 81.7 cm³/mol. The normalized spacial score (nSPS) is 11.9. The molecule has 1 aliphatic carbocycles. The summed E-state index contributed by atoms with van der Waals surface area (Å²) in [5, 5.41) is 2.88. The van der Waals surface area contributed by atoms with Crippen LogP contribution in [-0.2, 0) is 11.2 Å². The molecule has 3 rings (SSSR count). The van der Waals surface area contributed by atoms with Gasteiger partial charge in [0.25, 0.3) is 0 Å². The van der Waals surface area contributed by atoms with Gasteiger partial charge in [0, 0.05) is 10.5 Å². The topological polar surface area (TPSA) is 29.1 Å². The molecule has 0 aromatic heterocycles. The number of anilines is 1. The molecule has 1 amide bonds. The molecule has 0 saturated heterocycles. The Bertz CT molecular complexity index is 649. The van der Waals surface area contributed by atoms with E-state index in [1.165, 1.54) is 29.2 Å². The molecule has 2 nitrogen and oxygen atoms in total. The maximum absolute atomic E-state index is 11.2. The molecule has 0 fully saturated rings. The van der Waals surface area contributed by atoms with Crippen LogP contribution in [0.15, 0.2) is 36.4 Å². The first-order chi connectivity index (χ1) is 8.66. The fourth-order valence-electron chi connectivity index (χ4n) is 2.46. The predicted octanol–water partition coefficient (Wildman–Crippen LogP) is 3.82. The second kappa shape index (κ2) is 4.39. The summed E-state index contributed by atoms with van der Waals surface area (Å²) in [4.78, 5) is 11.2. The zero-order valence-electron chi connectivity index (χ0n) is 9.96. The molecule has 1 aliphatic rings. The average Bonchev–Trinajstić information content (AvgIpc) is 2.72. The first kappa shape index (κ1) is 11.7. The molecule has 0 aliphatic heterocycles. The van der Waals surface area contributed by atoms with Crippen molar-refractivity contribution in [2.45, 2.75) is 13.3 Å². The Morgan fingerprint density at radius 2 is 1.94 bits per heavy atom. The third kappa shape index (κ3) is 1.82. The van der Waals surface area contributed by atoms with E-state index in [9.17, 15) is 4.79 Å². The van der Waals surface area contributed by atoms with E-state index in [1.54, 1.807) is 0 Å². The van der Waals surface area contributed by atoms with Crippen LogP contribution in [0.3, 0.4) is 0 Å². The fraction of sp³-hybridized carbons (Fsp3) is 0.133. The molecule has 18 heavy (non-hydrogen) atoms. The van der Waals surface area contributed by atoms with Crippen molar-refractivity contribution >= 4 is 34.2 Å². The number of amides is 1. The minimum Gasteiger partial charge on any atom is -0.325 e. The van der Waals surface area contributed by atoms with Gasteiger partial charge in [-0.15, -0.1) is 0 Å². The fourth-order valence-corrected chi connectivity index (χ4v) is 3.26. The van der Waals surface area contributed by atoms with Gasteiger partial charge in [0.1, 0.15) is 0 Å². The number of hydrogen-bond acceptors (Lipinski definition) is 1. The molecule has 0 bridgehead atoms. The SMILES string of the molecule is CC(=O)Nc1ccc2c(c1I)Cc1ccccc1-2. The standard InChI is InChI=1S/C15H12INO/c1-9(18)17-14-7-6-12-11-5-3-2-4-10(11)8-13(12)15(14)16/h2-7H,8H2,1H3,(H,17,18). The molecule has 3 heteroatoms. The Balaban J connectivity index is 2.12. The van der Waals surface area contributed by atoms with Gasteiger partial charge >= 0.3 is 0 Å². The summed E-state index contributed by atoms with van der Waals surface area (Å²) in [5.74, 6) is -0.0247. The van der Waals surface area contributed by atoms with Gasteiger partial charge in [-0.1, -0.05) is 30.3 Å². The molecule has 1 N–H and O–H groups in total. The minimum atomic E-state index is -0.0247. The number of benzene rings is 2. The first-order valence-corrected chi connectivity index (χ1v) is 6.92. The van der Waals surface area contributed by atoms with Crippen LogP contribution in [0.1, 0.15) is 18.1 Å². The quantitative estimate of drug-likeness (QED) is 0.665. The number of halogens is 1. The van der Waals surface area contributed by atoms with Gasteiger partial charge in [0.2, 0.25) is 5.91 Å². The van der Waals surface area contributed by atoms with Crippen LogP contribution < -0.4 is 5.32 Å². The van der Waals surface area contributed by atoms with Crippen molar-refractivity contribution in [3.05, 3.63) is 51.1 Å². The summed E-state index contributed by atoms with van der Waals surface area (Å²) < 4.78 is 1.15. The summed E-state index contributed by atoms with van der Waals surface area (Å²) in [6, 6.07) is 12.6. The van der Waals surface area contributed by atoms with Crippen LogP contribution in [0.5, 0.6) is 0 Å². The van der Waals surface area contributed by atoms with Crippen molar-refractivity contribution in [1.29, 1.82) is 0 Å². The Morgan fingerprint density at radius 1 is 1.17 bits per heavy atom. The van der Waals surface area contributed by atoms with Gasteiger partial charge < -0.3 is 5.32 Å². The number of rotatable bonds is 1. The van der Waals surface area contributed by atoms with Crippen molar-refractivity contribution in [3.8, 4) is 11.1 Å². The van der Waals surface area contributed by atoms with Gasteiger partial charge in [0.15, 0.2) is 0 Å². The van der Waals surface area contributed by atoms with Crippen LogP contribution in [0.4, 0.5) is 5.69 Å². The lowest BCUT2D eigenvalue weighted by molar-refractivity contribution is -0.114. The smallest absolute Gasteiger partial charge is 0.221 e. The van der Waals surface area contributed by atoms with Crippen molar-refractivity contribution in [2.24, 2.45) is 0 Å². The van der Waals surface area contributed by atoms with Crippen LogP contribution in [-0.4, -0.2) is 5.91 Å². The number of carbonyl (C=O) groups is 1. The molecule has 2 aromatic rings. The zero-order valence-corrected chi connectivity index (χ0v) is 12.1. The maximum Gasteiger partial charge on any atom is 0.221 e. The van der Waals surface area contributed by atoms with Gasteiger partial charge in [-0.05, 0) is 57.3 Å². The zero-order chi connectivity index (χ0) is 12.7. The highest BCUT2D eigenvalue weighted by Crippen LogP contribution is 2.40. The van der Waals surface area contributed by atoms with Gasteiger partial charge in [-0.2, -0.15) is 0 Å². The van der Waals surface area contributed by atoms with Crippen molar-refractivity contribution in [1.82, 2.24) is 0 Å². The third-order valence-electron chi connectivity index (χ3n) is 3.23. The highest BCUT2D eigenvalue weighted by Gasteiger charge is 2.21. The molecular weight excluding hydrogens is 337 g/mol. The minimum absolute atomic E-state index is 0.0247. The number of carbonyl (C=O) groups excluding carboxylic acids is 1. The summed E-state index contributed by atoms with van der Waals surface area (Å²) in [6.07, 6.45) is 0.956. The van der Waals surface area contributed by atoms with E-state index in [1.807, 2.05) is 6.07 Å². The highest BCUT2D eigenvalue weighted by molar-refractivity contribution is 14.1. The third-order valence-corrected chi connectivity index (χ3v) is 4.46. The van der Waals surface area contributed by atoms with E-state index in [4.69, 9.17) is 0 Å². The Morgan fingerprint density at radius 3 is 2.72 bits per heavy atom. The lowest BCUT2D eigenvalue weighted by Gasteiger charge is -2.09. The molecule has 0 unspecified atom stereocenters.